The Morgan fingerprint density at radius 2 is 1.84 bits per heavy atom. The van der Waals surface area contributed by atoms with E-state index in [1.54, 1.807) is 36.7 Å². The van der Waals surface area contributed by atoms with Gasteiger partial charge in [-0.25, -0.2) is 0 Å². The van der Waals surface area contributed by atoms with E-state index >= 15 is 0 Å². The van der Waals surface area contributed by atoms with Gasteiger partial charge >= 0.3 is 0 Å². The number of nitro benzene ring substituents is 1. The maximum Gasteiger partial charge on any atom is 0.293 e. The van der Waals surface area contributed by atoms with Crippen molar-refractivity contribution in [3.8, 4) is 22.8 Å². The number of aromatic nitrogens is 3. The molecule has 0 spiro atoms. The number of anilines is 1. The van der Waals surface area contributed by atoms with Crippen molar-refractivity contribution in [2.75, 3.05) is 18.0 Å². The number of hydrogen-bond donors (Lipinski definition) is 0. The van der Waals surface area contributed by atoms with Gasteiger partial charge in [0, 0.05) is 42.7 Å². The molecule has 1 aromatic carbocycles. The highest BCUT2D eigenvalue weighted by Crippen LogP contribution is 2.34. The lowest BCUT2D eigenvalue weighted by molar-refractivity contribution is -0.384. The molecule has 0 unspecified atom stereocenters. The van der Waals surface area contributed by atoms with Gasteiger partial charge in [0.05, 0.1) is 4.92 Å². The Balaban J connectivity index is 1.70. The molecule has 2 aromatic heterocycles. The van der Waals surface area contributed by atoms with E-state index < -0.39 is 0 Å². The quantitative estimate of drug-likeness (QED) is 0.532. The van der Waals surface area contributed by atoms with Gasteiger partial charge in [-0.3, -0.25) is 15.1 Å². The SMILES string of the molecule is O=[N+]([O-])c1cc(-c2nc(-c3ccncc3)no2)ccc1N1CCCC1. The fourth-order valence-corrected chi connectivity index (χ4v) is 2.99. The van der Waals surface area contributed by atoms with E-state index in [0.29, 0.717) is 17.1 Å². The van der Waals surface area contributed by atoms with Gasteiger partial charge in [0.25, 0.3) is 11.6 Å². The molecule has 0 bridgehead atoms. The minimum Gasteiger partial charge on any atom is -0.366 e. The van der Waals surface area contributed by atoms with Crippen LogP contribution in [-0.2, 0) is 0 Å². The van der Waals surface area contributed by atoms with Gasteiger partial charge in [0.15, 0.2) is 0 Å². The van der Waals surface area contributed by atoms with Crippen molar-refractivity contribution < 1.29 is 9.45 Å². The van der Waals surface area contributed by atoms with Crippen LogP contribution in [0.15, 0.2) is 47.2 Å². The van der Waals surface area contributed by atoms with E-state index in [1.165, 1.54) is 6.07 Å². The Kier molecular flexibility index (Phi) is 3.85. The monoisotopic (exact) mass is 337 g/mol. The van der Waals surface area contributed by atoms with Crippen LogP contribution < -0.4 is 4.90 Å². The van der Waals surface area contributed by atoms with Gasteiger partial charge < -0.3 is 9.42 Å². The molecule has 0 atom stereocenters. The molecular weight excluding hydrogens is 322 g/mol. The fraction of sp³-hybridized carbons (Fsp3) is 0.235. The van der Waals surface area contributed by atoms with E-state index in [0.717, 1.165) is 31.5 Å². The predicted molar refractivity (Wildman–Crippen MR) is 91.1 cm³/mol. The van der Waals surface area contributed by atoms with Crippen molar-refractivity contribution in [3.63, 3.8) is 0 Å². The van der Waals surface area contributed by atoms with Gasteiger partial charge in [0.1, 0.15) is 5.69 Å². The molecule has 0 saturated carbocycles. The zero-order valence-corrected chi connectivity index (χ0v) is 13.3. The summed E-state index contributed by atoms with van der Waals surface area (Å²) in [7, 11) is 0. The highest BCUT2D eigenvalue weighted by atomic mass is 16.6. The van der Waals surface area contributed by atoms with E-state index in [2.05, 4.69) is 15.1 Å². The molecule has 8 nitrogen and oxygen atoms in total. The fourth-order valence-electron chi connectivity index (χ4n) is 2.99. The third kappa shape index (κ3) is 2.93. The summed E-state index contributed by atoms with van der Waals surface area (Å²) in [4.78, 5) is 21.5. The topological polar surface area (TPSA) is 98.2 Å². The van der Waals surface area contributed by atoms with Crippen LogP contribution in [0.1, 0.15) is 12.8 Å². The lowest BCUT2D eigenvalue weighted by atomic mass is 10.1. The first-order chi connectivity index (χ1) is 12.2. The molecule has 1 saturated heterocycles. The summed E-state index contributed by atoms with van der Waals surface area (Å²) in [6, 6.07) is 8.58. The van der Waals surface area contributed by atoms with Crippen molar-refractivity contribution in [1.82, 2.24) is 15.1 Å². The number of benzene rings is 1. The third-order valence-electron chi connectivity index (χ3n) is 4.23. The minimum absolute atomic E-state index is 0.0584. The minimum atomic E-state index is -0.364. The Hall–Kier alpha value is -3.29. The molecule has 8 heteroatoms. The van der Waals surface area contributed by atoms with Crippen LogP contribution in [0.5, 0.6) is 0 Å². The van der Waals surface area contributed by atoms with E-state index in [4.69, 9.17) is 4.52 Å². The normalized spacial score (nSPS) is 14.0. The maximum absolute atomic E-state index is 11.5. The Morgan fingerprint density at radius 1 is 1.08 bits per heavy atom. The first-order valence-corrected chi connectivity index (χ1v) is 8.00. The standard InChI is InChI=1S/C17H15N5O3/c23-22(24)15-11-13(3-4-14(15)21-9-1-2-10-21)17-19-16(20-25-17)12-5-7-18-8-6-12/h3-8,11H,1-2,9-10H2. The van der Waals surface area contributed by atoms with Crippen molar-refractivity contribution in [1.29, 1.82) is 0 Å². The van der Waals surface area contributed by atoms with Gasteiger partial charge in [-0.15, -0.1) is 0 Å². The summed E-state index contributed by atoms with van der Waals surface area (Å²) in [5, 5.41) is 15.4. The molecule has 0 N–H and O–H groups in total. The molecule has 1 aliphatic rings. The van der Waals surface area contributed by atoms with Gasteiger partial charge in [-0.1, -0.05) is 5.16 Å². The number of nitro groups is 1. The zero-order chi connectivity index (χ0) is 17.2. The maximum atomic E-state index is 11.5. The number of hydrogen-bond acceptors (Lipinski definition) is 7. The summed E-state index contributed by atoms with van der Waals surface area (Å²) in [5.41, 5.74) is 2.00. The predicted octanol–water partition coefficient (Wildman–Crippen LogP) is 3.31. The van der Waals surface area contributed by atoms with Crippen molar-refractivity contribution in [3.05, 3.63) is 52.8 Å². The lowest BCUT2D eigenvalue weighted by Crippen LogP contribution is -2.18. The number of nitrogens with zero attached hydrogens (tertiary/aromatic N) is 5. The molecular formula is C17H15N5O3. The molecule has 0 radical (unpaired) electrons. The third-order valence-corrected chi connectivity index (χ3v) is 4.23. The first-order valence-electron chi connectivity index (χ1n) is 8.00. The van der Waals surface area contributed by atoms with Gasteiger partial charge in [-0.2, -0.15) is 4.98 Å². The summed E-state index contributed by atoms with van der Waals surface area (Å²) in [5.74, 6) is 0.673. The second-order valence-corrected chi connectivity index (χ2v) is 5.81. The van der Waals surface area contributed by atoms with Crippen molar-refractivity contribution in [2.45, 2.75) is 12.8 Å². The second kappa shape index (κ2) is 6.31. The number of rotatable bonds is 4. The zero-order valence-electron chi connectivity index (χ0n) is 13.3. The second-order valence-electron chi connectivity index (χ2n) is 5.81. The Labute approximate surface area is 143 Å². The van der Waals surface area contributed by atoms with E-state index in [1.807, 2.05) is 4.90 Å². The molecule has 1 aliphatic heterocycles. The lowest BCUT2D eigenvalue weighted by Gasteiger charge is -2.17. The molecule has 126 valence electrons. The van der Waals surface area contributed by atoms with Crippen LogP contribution in [0, 0.1) is 10.1 Å². The summed E-state index contributed by atoms with van der Waals surface area (Å²) in [6.07, 6.45) is 5.39. The molecule has 3 heterocycles. The molecule has 3 aromatic rings. The van der Waals surface area contributed by atoms with Crippen LogP contribution in [0.25, 0.3) is 22.8 Å². The molecule has 1 fully saturated rings. The number of pyridine rings is 1. The molecule has 4 rings (SSSR count). The highest BCUT2D eigenvalue weighted by molar-refractivity contribution is 5.71. The molecule has 25 heavy (non-hydrogen) atoms. The molecule has 0 amide bonds. The summed E-state index contributed by atoms with van der Waals surface area (Å²) in [6.45, 7) is 1.68. The first kappa shape index (κ1) is 15.3. The largest absolute Gasteiger partial charge is 0.366 e. The van der Waals surface area contributed by atoms with Crippen LogP contribution in [-0.4, -0.2) is 33.1 Å². The van der Waals surface area contributed by atoms with Crippen LogP contribution in [0.3, 0.4) is 0 Å². The average Bonchev–Trinajstić information content (AvgIpc) is 3.34. The highest BCUT2D eigenvalue weighted by Gasteiger charge is 2.24. The van der Waals surface area contributed by atoms with Gasteiger partial charge in [0.2, 0.25) is 5.82 Å². The van der Waals surface area contributed by atoms with E-state index in [9.17, 15) is 10.1 Å². The Morgan fingerprint density at radius 3 is 2.56 bits per heavy atom. The smallest absolute Gasteiger partial charge is 0.293 e. The van der Waals surface area contributed by atoms with Crippen LogP contribution in [0.2, 0.25) is 0 Å². The van der Waals surface area contributed by atoms with Gasteiger partial charge in [-0.05, 0) is 37.1 Å². The van der Waals surface area contributed by atoms with Crippen molar-refractivity contribution in [2.24, 2.45) is 0 Å². The average molecular weight is 337 g/mol. The molecule has 0 aliphatic carbocycles. The van der Waals surface area contributed by atoms with Crippen LogP contribution in [0.4, 0.5) is 11.4 Å². The summed E-state index contributed by atoms with van der Waals surface area (Å²) >= 11 is 0. The summed E-state index contributed by atoms with van der Waals surface area (Å²) < 4.78 is 5.29. The van der Waals surface area contributed by atoms with E-state index in [-0.39, 0.29) is 16.5 Å². The van der Waals surface area contributed by atoms with Crippen LogP contribution >= 0.6 is 0 Å². The van der Waals surface area contributed by atoms with Crippen molar-refractivity contribution >= 4 is 11.4 Å². The Bertz CT molecular complexity index is 904.